The molecule has 1 aromatic heterocycles. The monoisotopic (exact) mass is 354 g/mol. The van der Waals surface area contributed by atoms with Crippen molar-refractivity contribution in [2.45, 2.75) is 13.0 Å². The average molecular weight is 354 g/mol. The van der Waals surface area contributed by atoms with E-state index >= 15 is 0 Å². The van der Waals surface area contributed by atoms with E-state index in [0.717, 1.165) is 69.9 Å². The van der Waals surface area contributed by atoms with Crippen molar-refractivity contribution in [1.29, 1.82) is 0 Å². The predicted molar refractivity (Wildman–Crippen MR) is 93.5 cm³/mol. The molecule has 3 heterocycles. The lowest BCUT2D eigenvalue weighted by Crippen LogP contribution is -2.49. The summed E-state index contributed by atoms with van der Waals surface area (Å²) >= 11 is 1.70. The van der Waals surface area contributed by atoms with Crippen molar-refractivity contribution in [3.05, 3.63) is 11.1 Å². The summed E-state index contributed by atoms with van der Waals surface area (Å²) in [5, 5.41) is 3.23. The number of thiazole rings is 1. The molecule has 1 amide bonds. The van der Waals surface area contributed by atoms with Crippen LogP contribution in [-0.2, 0) is 20.8 Å². The number of hydrogen-bond acceptors (Lipinski definition) is 7. The van der Waals surface area contributed by atoms with E-state index in [4.69, 9.17) is 14.5 Å². The summed E-state index contributed by atoms with van der Waals surface area (Å²) in [7, 11) is 1.63. The first kappa shape index (κ1) is 17.6. The average Bonchev–Trinajstić information content (AvgIpc) is 3.09. The van der Waals surface area contributed by atoms with E-state index in [1.54, 1.807) is 18.4 Å². The largest absolute Gasteiger partial charge is 0.384 e. The van der Waals surface area contributed by atoms with Crippen LogP contribution in [-0.4, -0.2) is 86.9 Å². The molecule has 3 rings (SSSR count). The quantitative estimate of drug-likeness (QED) is 0.748. The van der Waals surface area contributed by atoms with Crippen LogP contribution >= 0.6 is 11.3 Å². The zero-order valence-electron chi connectivity index (χ0n) is 14.3. The Balaban J connectivity index is 1.47. The highest BCUT2D eigenvalue weighted by molar-refractivity contribution is 7.13. The van der Waals surface area contributed by atoms with Gasteiger partial charge in [0.05, 0.1) is 31.9 Å². The number of amides is 1. The van der Waals surface area contributed by atoms with E-state index in [1.807, 2.05) is 4.90 Å². The fraction of sp³-hybridized carbons (Fsp3) is 0.750. The molecule has 0 atom stereocenters. The van der Waals surface area contributed by atoms with Gasteiger partial charge in [0.1, 0.15) is 0 Å². The Morgan fingerprint density at radius 1 is 1.25 bits per heavy atom. The third-order valence-electron chi connectivity index (χ3n) is 4.45. The summed E-state index contributed by atoms with van der Waals surface area (Å²) in [6, 6.07) is 0. The van der Waals surface area contributed by atoms with Gasteiger partial charge in [0.15, 0.2) is 5.13 Å². The van der Waals surface area contributed by atoms with Crippen LogP contribution in [0.4, 0.5) is 5.13 Å². The molecule has 24 heavy (non-hydrogen) atoms. The van der Waals surface area contributed by atoms with Gasteiger partial charge >= 0.3 is 0 Å². The lowest BCUT2D eigenvalue weighted by Gasteiger charge is -2.34. The molecule has 1 aromatic rings. The summed E-state index contributed by atoms with van der Waals surface area (Å²) in [5.74, 6) is 0.184. The lowest BCUT2D eigenvalue weighted by atomic mass is 10.3. The minimum Gasteiger partial charge on any atom is -0.384 e. The number of ether oxygens (including phenoxy) is 2. The predicted octanol–water partition coefficient (Wildman–Crippen LogP) is 0.660. The van der Waals surface area contributed by atoms with E-state index in [-0.39, 0.29) is 5.91 Å². The number of nitrogens with zero attached hydrogens (tertiary/aromatic N) is 4. The number of morpholine rings is 1. The van der Waals surface area contributed by atoms with Crippen LogP contribution in [0, 0.1) is 0 Å². The number of methoxy groups -OCH3 is 1. The fourth-order valence-corrected chi connectivity index (χ4v) is 3.87. The van der Waals surface area contributed by atoms with Crippen LogP contribution in [0.1, 0.15) is 12.1 Å². The van der Waals surface area contributed by atoms with E-state index in [0.29, 0.717) is 13.0 Å². The Kier molecular flexibility index (Phi) is 6.42. The zero-order valence-corrected chi connectivity index (χ0v) is 15.1. The van der Waals surface area contributed by atoms with Crippen molar-refractivity contribution in [2.75, 3.05) is 71.1 Å². The third-order valence-corrected chi connectivity index (χ3v) is 5.40. The molecule has 2 aliphatic rings. The molecule has 134 valence electrons. The van der Waals surface area contributed by atoms with Crippen molar-refractivity contribution >= 4 is 22.4 Å². The summed E-state index contributed by atoms with van der Waals surface area (Å²) in [6.45, 7) is 8.22. The van der Waals surface area contributed by atoms with Gasteiger partial charge in [-0.15, -0.1) is 11.3 Å². The van der Waals surface area contributed by atoms with Gasteiger partial charge in [-0.1, -0.05) is 0 Å². The van der Waals surface area contributed by atoms with Crippen LogP contribution in [0.2, 0.25) is 0 Å². The Labute approximate surface area is 147 Å². The topological polar surface area (TPSA) is 58.1 Å². The van der Waals surface area contributed by atoms with E-state index in [9.17, 15) is 4.79 Å². The molecule has 8 heteroatoms. The number of aromatic nitrogens is 1. The van der Waals surface area contributed by atoms with Crippen LogP contribution in [0.5, 0.6) is 0 Å². The molecule has 0 unspecified atom stereocenters. The van der Waals surface area contributed by atoms with Crippen LogP contribution in [0.3, 0.4) is 0 Å². The number of piperazine rings is 1. The summed E-state index contributed by atoms with van der Waals surface area (Å²) in [6.07, 6.45) is 0.470. The van der Waals surface area contributed by atoms with Gasteiger partial charge in [0, 0.05) is 58.3 Å². The molecule has 2 saturated heterocycles. The molecule has 7 nitrogen and oxygen atoms in total. The summed E-state index contributed by atoms with van der Waals surface area (Å²) in [5.41, 5.74) is 1.13. The highest BCUT2D eigenvalue weighted by atomic mass is 32.1. The highest BCUT2D eigenvalue weighted by Gasteiger charge is 2.23. The minimum absolute atomic E-state index is 0.184. The summed E-state index contributed by atoms with van der Waals surface area (Å²) < 4.78 is 10.4. The molecule has 2 aliphatic heterocycles. The Bertz CT molecular complexity index is 525. The molecular formula is C16H26N4O3S. The molecular weight excluding hydrogens is 328 g/mol. The molecule has 2 fully saturated rings. The number of anilines is 1. The van der Waals surface area contributed by atoms with Gasteiger partial charge < -0.3 is 19.3 Å². The molecule has 0 saturated carbocycles. The molecule has 0 aliphatic carbocycles. The molecule has 0 bridgehead atoms. The maximum atomic E-state index is 12.0. The Morgan fingerprint density at radius 3 is 2.71 bits per heavy atom. The lowest BCUT2D eigenvalue weighted by molar-refractivity contribution is -0.132. The van der Waals surface area contributed by atoms with E-state index in [2.05, 4.69) is 15.2 Å². The van der Waals surface area contributed by atoms with Gasteiger partial charge in [-0.25, -0.2) is 4.98 Å². The molecule has 0 radical (unpaired) electrons. The Hall–Kier alpha value is -1.22. The SMILES string of the molecule is COCCC(=O)N1CCN(c2nc(CN3CCOCC3)cs2)CC1. The second kappa shape index (κ2) is 8.75. The van der Waals surface area contributed by atoms with Crippen LogP contribution in [0.25, 0.3) is 0 Å². The molecule has 0 aromatic carbocycles. The van der Waals surface area contributed by atoms with E-state index < -0.39 is 0 Å². The smallest absolute Gasteiger partial charge is 0.225 e. The van der Waals surface area contributed by atoms with Gasteiger partial charge in [0.25, 0.3) is 0 Å². The first-order chi connectivity index (χ1) is 11.8. The van der Waals surface area contributed by atoms with Gasteiger partial charge in [-0.3, -0.25) is 9.69 Å². The third kappa shape index (κ3) is 4.66. The second-order valence-corrected chi connectivity index (χ2v) is 6.96. The zero-order chi connectivity index (χ0) is 16.8. The minimum atomic E-state index is 0.184. The number of rotatable bonds is 6. The fourth-order valence-electron chi connectivity index (χ4n) is 3.00. The normalized spacial score (nSPS) is 19.7. The standard InChI is InChI=1S/C16H26N4O3S/c1-22-9-2-15(21)19-3-5-20(6-4-19)16-17-14(13-24-16)12-18-7-10-23-11-8-18/h13H,2-12H2,1H3. The van der Waals surface area contributed by atoms with Gasteiger partial charge in [-0.05, 0) is 0 Å². The van der Waals surface area contributed by atoms with E-state index in [1.165, 1.54) is 0 Å². The van der Waals surface area contributed by atoms with Crippen molar-refractivity contribution in [1.82, 2.24) is 14.8 Å². The first-order valence-corrected chi connectivity index (χ1v) is 9.40. The number of carbonyl (C=O) groups is 1. The van der Waals surface area contributed by atoms with Crippen molar-refractivity contribution in [3.8, 4) is 0 Å². The first-order valence-electron chi connectivity index (χ1n) is 8.52. The van der Waals surface area contributed by atoms with Crippen molar-refractivity contribution in [3.63, 3.8) is 0 Å². The summed E-state index contributed by atoms with van der Waals surface area (Å²) in [4.78, 5) is 23.4. The molecule has 0 spiro atoms. The van der Waals surface area contributed by atoms with Gasteiger partial charge in [0.2, 0.25) is 5.91 Å². The van der Waals surface area contributed by atoms with Crippen molar-refractivity contribution in [2.24, 2.45) is 0 Å². The maximum absolute atomic E-state index is 12.0. The number of hydrogen-bond donors (Lipinski definition) is 0. The van der Waals surface area contributed by atoms with Gasteiger partial charge in [-0.2, -0.15) is 0 Å². The van der Waals surface area contributed by atoms with Crippen molar-refractivity contribution < 1.29 is 14.3 Å². The van der Waals surface area contributed by atoms with Crippen LogP contribution in [0.15, 0.2) is 5.38 Å². The van der Waals surface area contributed by atoms with Crippen LogP contribution < -0.4 is 4.90 Å². The highest BCUT2D eigenvalue weighted by Crippen LogP contribution is 2.23. The Morgan fingerprint density at radius 2 is 2.00 bits per heavy atom. The second-order valence-electron chi connectivity index (χ2n) is 6.12. The number of carbonyl (C=O) groups excluding carboxylic acids is 1. The maximum Gasteiger partial charge on any atom is 0.225 e. The molecule has 0 N–H and O–H groups in total.